The molecule has 0 spiro atoms. The molecule has 1 aromatic rings. The molecule has 2 amide bonds. The first kappa shape index (κ1) is 14.1. The van der Waals surface area contributed by atoms with Crippen molar-refractivity contribution in [1.82, 2.24) is 10.2 Å². The topological polar surface area (TPSA) is 49.4 Å². The zero-order valence-electron chi connectivity index (χ0n) is 12.6. The fourth-order valence-corrected chi connectivity index (χ4v) is 3.31. The number of nitrogens with zero attached hydrogens (tertiary/aromatic N) is 1. The summed E-state index contributed by atoms with van der Waals surface area (Å²) in [6.45, 7) is 4.54. The fourth-order valence-electron chi connectivity index (χ4n) is 3.31. The van der Waals surface area contributed by atoms with Crippen LogP contribution >= 0.6 is 0 Å². The van der Waals surface area contributed by atoms with Gasteiger partial charge in [-0.1, -0.05) is 37.3 Å². The highest BCUT2D eigenvalue weighted by atomic mass is 16.2. The molecule has 2 unspecified atom stereocenters. The lowest BCUT2D eigenvalue weighted by atomic mass is 9.87. The number of hydrogen-bond donors (Lipinski definition) is 1. The predicted octanol–water partition coefficient (Wildman–Crippen LogP) is 2.26. The number of carbonyl (C=O) groups excluding carboxylic acids is 2. The zero-order valence-corrected chi connectivity index (χ0v) is 12.6. The van der Waals surface area contributed by atoms with Crippen molar-refractivity contribution in [2.45, 2.75) is 44.7 Å². The number of piperazine rings is 1. The summed E-state index contributed by atoms with van der Waals surface area (Å²) in [5, 5.41) is 3.01. The first-order chi connectivity index (χ1) is 10.1. The number of benzene rings is 1. The maximum atomic E-state index is 13.0. The molecule has 1 aliphatic heterocycles. The molecule has 1 saturated heterocycles. The van der Waals surface area contributed by atoms with Crippen LogP contribution in [0.5, 0.6) is 0 Å². The molecule has 1 aliphatic carbocycles. The summed E-state index contributed by atoms with van der Waals surface area (Å²) in [4.78, 5) is 27.4. The average molecular weight is 286 g/mol. The molecule has 3 rings (SSSR count). The third-order valence-electron chi connectivity index (χ3n) is 4.62. The monoisotopic (exact) mass is 286 g/mol. The van der Waals surface area contributed by atoms with Crippen LogP contribution in [0.1, 0.15) is 44.7 Å². The van der Waals surface area contributed by atoms with E-state index in [1.807, 2.05) is 44.2 Å². The van der Waals surface area contributed by atoms with Crippen LogP contribution in [0.3, 0.4) is 0 Å². The molecule has 0 aromatic heterocycles. The van der Waals surface area contributed by atoms with E-state index in [1.54, 1.807) is 4.90 Å². The van der Waals surface area contributed by atoms with E-state index in [9.17, 15) is 9.59 Å². The van der Waals surface area contributed by atoms with Crippen LogP contribution in [0.15, 0.2) is 30.3 Å². The Labute approximate surface area is 125 Å². The number of nitrogens with one attached hydrogen (secondary N) is 1. The summed E-state index contributed by atoms with van der Waals surface area (Å²) in [7, 11) is 0. The first-order valence-corrected chi connectivity index (χ1v) is 7.76. The predicted molar refractivity (Wildman–Crippen MR) is 80.5 cm³/mol. The Bertz CT molecular complexity index is 553. The van der Waals surface area contributed by atoms with Gasteiger partial charge in [-0.05, 0) is 37.7 Å². The Balaban J connectivity index is 1.97. The largest absolute Gasteiger partial charge is 0.340 e. The third kappa shape index (κ3) is 2.33. The van der Waals surface area contributed by atoms with Gasteiger partial charge in [0.25, 0.3) is 0 Å². The fraction of sp³-hybridized carbons (Fsp3) is 0.529. The number of hydrogen-bond acceptors (Lipinski definition) is 2. The highest BCUT2D eigenvalue weighted by Crippen LogP contribution is 2.44. The van der Waals surface area contributed by atoms with Crippen molar-refractivity contribution in [2.24, 2.45) is 5.92 Å². The normalized spacial score (nSPS) is 29.4. The molecule has 2 fully saturated rings. The molecule has 1 heterocycles. The zero-order chi connectivity index (χ0) is 15.0. The van der Waals surface area contributed by atoms with E-state index in [4.69, 9.17) is 0 Å². The Morgan fingerprint density at radius 3 is 2.48 bits per heavy atom. The molecule has 2 aliphatic rings. The van der Waals surface area contributed by atoms with E-state index in [-0.39, 0.29) is 11.8 Å². The van der Waals surface area contributed by atoms with Gasteiger partial charge in [0.2, 0.25) is 11.8 Å². The van der Waals surface area contributed by atoms with E-state index in [1.165, 1.54) is 0 Å². The Hall–Kier alpha value is -1.84. The lowest BCUT2D eigenvalue weighted by Gasteiger charge is -2.44. The summed E-state index contributed by atoms with van der Waals surface area (Å²) < 4.78 is 0. The summed E-state index contributed by atoms with van der Waals surface area (Å²) in [5.74, 6) is 0.314. The Morgan fingerprint density at radius 2 is 1.90 bits per heavy atom. The molecule has 21 heavy (non-hydrogen) atoms. The van der Waals surface area contributed by atoms with Gasteiger partial charge in [-0.3, -0.25) is 9.59 Å². The highest BCUT2D eigenvalue weighted by Gasteiger charge is 2.55. The van der Waals surface area contributed by atoms with Gasteiger partial charge in [-0.15, -0.1) is 0 Å². The second-order valence-electron chi connectivity index (χ2n) is 6.28. The van der Waals surface area contributed by atoms with Crippen molar-refractivity contribution < 1.29 is 9.59 Å². The van der Waals surface area contributed by atoms with Crippen molar-refractivity contribution in [3.05, 3.63) is 35.9 Å². The minimum Gasteiger partial charge on any atom is -0.340 e. The van der Waals surface area contributed by atoms with Crippen LogP contribution in [0.25, 0.3) is 0 Å². The van der Waals surface area contributed by atoms with Crippen LogP contribution in [0, 0.1) is 5.92 Å². The van der Waals surface area contributed by atoms with Crippen LogP contribution in [0.2, 0.25) is 0 Å². The number of rotatable bonds is 4. The van der Waals surface area contributed by atoms with Crippen LogP contribution in [-0.2, 0) is 9.59 Å². The summed E-state index contributed by atoms with van der Waals surface area (Å²) in [5.41, 5.74) is 0.173. The van der Waals surface area contributed by atoms with Crippen molar-refractivity contribution in [3.63, 3.8) is 0 Å². The summed E-state index contributed by atoms with van der Waals surface area (Å²) >= 11 is 0. The van der Waals surface area contributed by atoms with Crippen molar-refractivity contribution in [2.75, 3.05) is 6.54 Å². The van der Waals surface area contributed by atoms with Gasteiger partial charge in [0.15, 0.2) is 0 Å². The highest BCUT2D eigenvalue weighted by molar-refractivity contribution is 6.00. The summed E-state index contributed by atoms with van der Waals surface area (Å²) in [6.07, 6.45) is 2.90. The molecule has 112 valence electrons. The lowest BCUT2D eigenvalue weighted by Crippen LogP contribution is -2.67. The SMILES string of the molecule is CCCN1C(=O)C(C)(C2CC2)NC(=O)C1c1ccccc1. The van der Waals surface area contributed by atoms with Gasteiger partial charge >= 0.3 is 0 Å². The van der Waals surface area contributed by atoms with Gasteiger partial charge in [-0.25, -0.2) is 0 Å². The Morgan fingerprint density at radius 1 is 1.24 bits per heavy atom. The molecule has 2 atom stereocenters. The van der Waals surface area contributed by atoms with Gasteiger partial charge in [0, 0.05) is 6.54 Å². The van der Waals surface area contributed by atoms with E-state index in [0.29, 0.717) is 12.5 Å². The van der Waals surface area contributed by atoms with Gasteiger partial charge in [-0.2, -0.15) is 0 Å². The molecule has 1 aromatic carbocycles. The van der Waals surface area contributed by atoms with Crippen LogP contribution < -0.4 is 5.32 Å². The molecular weight excluding hydrogens is 264 g/mol. The van der Waals surface area contributed by atoms with Gasteiger partial charge < -0.3 is 10.2 Å². The minimum atomic E-state index is -0.711. The third-order valence-corrected chi connectivity index (χ3v) is 4.62. The van der Waals surface area contributed by atoms with Crippen LogP contribution in [0.4, 0.5) is 0 Å². The van der Waals surface area contributed by atoms with E-state index < -0.39 is 11.6 Å². The molecule has 1 N–H and O–H groups in total. The molecule has 4 heteroatoms. The van der Waals surface area contributed by atoms with Crippen molar-refractivity contribution in [1.29, 1.82) is 0 Å². The maximum Gasteiger partial charge on any atom is 0.249 e. The lowest BCUT2D eigenvalue weighted by molar-refractivity contribution is -0.155. The van der Waals surface area contributed by atoms with Gasteiger partial charge in [0.1, 0.15) is 11.6 Å². The number of carbonyl (C=O) groups is 2. The molecule has 1 saturated carbocycles. The van der Waals surface area contributed by atoms with E-state index >= 15 is 0 Å². The molecular formula is C17H22N2O2. The standard InChI is InChI=1S/C17H22N2O2/c1-3-11-19-14(12-7-5-4-6-8-12)15(20)18-17(2,16(19)21)13-9-10-13/h4-8,13-14H,3,9-11H2,1-2H3,(H,18,20). The van der Waals surface area contributed by atoms with Crippen LogP contribution in [-0.4, -0.2) is 28.8 Å². The van der Waals surface area contributed by atoms with Crippen molar-refractivity contribution >= 4 is 11.8 Å². The molecule has 0 bridgehead atoms. The second kappa shape index (κ2) is 5.17. The molecule has 4 nitrogen and oxygen atoms in total. The smallest absolute Gasteiger partial charge is 0.249 e. The maximum absolute atomic E-state index is 13.0. The van der Waals surface area contributed by atoms with E-state index in [0.717, 1.165) is 24.8 Å². The second-order valence-corrected chi connectivity index (χ2v) is 6.28. The minimum absolute atomic E-state index is 0.0522. The van der Waals surface area contributed by atoms with Crippen molar-refractivity contribution in [3.8, 4) is 0 Å². The first-order valence-electron chi connectivity index (χ1n) is 7.76. The van der Waals surface area contributed by atoms with Gasteiger partial charge in [0.05, 0.1) is 0 Å². The Kier molecular flexibility index (Phi) is 3.47. The number of amides is 2. The summed E-state index contributed by atoms with van der Waals surface area (Å²) in [6, 6.07) is 9.08. The van der Waals surface area contributed by atoms with E-state index in [2.05, 4.69) is 5.32 Å². The molecule has 0 radical (unpaired) electrons. The quantitative estimate of drug-likeness (QED) is 0.923. The average Bonchev–Trinajstić information content (AvgIpc) is 3.31.